The Morgan fingerprint density at radius 3 is 2.54 bits per heavy atom. The lowest BCUT2D eigenvalue weighted by Gasteiger charge is -2.21. The Morgan fingerprint density at radius 1 is 1.08 bits per heavy atom. The molecule has 1 unspecified atom stereocenters. The molecule has 1 fully saturated rings. The molecule has 4 nitrogen and oxygen atoms in total. The van der Waals surface area contributed by atoms with Crippen molar-refractivity contribution in [3.05, 3.63) is 64.7 Å². The average molecular weight is 388 g/mol. The van der Waals surface area contributed by atoms with E-state index in [1.165, 1.54) is 0 Å². The van der Waals surface area contributed by atoms with Gasteiger partial charge in [-0.1, -0.05) is 41.9 Å². The van der Waals surface area contributed by atoms with Gasteiger partial charge in [0.05, 0.1) is 11.8 Å². The number of carbonyl (C=O) groups excluding carboxylic acids is 1. The molecule has 2 aromatic rings. The highest BCUT2D eigenvalue weighted by Gasteiger charge is 2.43. The minimum absolute atomic E-state index is 0.0326. The van der Waals surface area contributed by atoms with Crippen LogP contribution in [0.2, 0.25) is 5.02 Å². The molecule has 0 saturated carbocycles. The van der Waals surface area contributed by atoms with Crippen molar-refractivity contribution < 1.29 is 14.7 Å². The van der Waals surface area contributed by atoms with E-state index < -0.39 is 11.9 Å². The molecule has 2 aromatic carbocycles. The van der Waals surface area contributed by atoms with E-state index in [0.29, 0.717) is 11.6 Å². The van der Waals surface area contributed by atoms with Gasteiger partial charge < -0.3 is 10.0 Å². The molecule has 26 heavy (non-hydrogen) atoms. The maximum atomic E-state index is 13.1. The van der Waals surface area contributed by atoms with E-state index in [0.717, 1.165) is 21.8 Å². The van der Waals surface area contributed by atoms with Crippen molar-refractivity contribution in [1.29, 1.82) is 0 Å². The fourth-order valence-electron chi connectivity index (χ4n) is 3.87. The molecule has 2 heterocycles. The first kappa shape index (κ1) is 17.4. The Kier molecular flexibility index (Phi) is 4.67. The Bertz CT molecular complexity index is 854. The lowest BCUT2D eigenvalue weighted by Crippen LogP contribution is -2.34. The second kappa shape index (κ2) is 6.97. The summed E-state index contributed by atoms with van der Waals surface area (Å²) in [5.41, 5.74) is 1.97. The van der Waals surface area contributed by atoms with E-state index in [-0.39, 0.29) is 24.3 Å². The van der Waals surface area contributed by atoms with Crippen LogP contribution in [-0.4, -0.2) is 40.7 Å². The number of carboxylic acids is 1. The van der Waals surface area contributed by atoms with Crippen LogP contribution in [0.1, 0.15) is 23.0 Å². The zero-order valence-electron chi connectivity index (χ0n) is 14.0. The van der Waals surface area contributed by atoms with E-state index in [1.807, 2.05) is 36.4 Å². The number of aliphatic carboxylic acids is 1. The summed E-state index contributed by atoms with van der Waals surface area (Å²) in [4.78, 5) is 27.8. The Hall–Kier alpha value is -1.98. The third kappa shape index (κ3) is 3.10. The number of carbonyl (C=O) groups is 2. The fourth-order valence-corrected chi connectivity index (χ4v) is 5.22. The molecule has 0 aromatic heterocycles. The first-order valence-corrected chi connectivity index (χ1v) is 9.89. The van der Waals surface area contributed by atoms with Crippen LogP contribution in [0.4, 0.5) is 0 Å². The zero-order valence-corrected chi connectivity index (χ0v) is 15.5. The highest BCUT2D eigenvalue weighted by atomic mass is 35.5. The zero-order chi connectivity index (χ0) is 18.3. The molecule has 2 aliphatic heterocycles. The molecule has 1 N–H and O–H groups in total. The first-order chi connectivity index (χ1) is 12.5. The van der Waals surface area contributed by atoms with Gasteiger partial charge in [0.1, 0.15) is 0 Å². The van der Waals surface area contributed by atoms with Crippen molar-refractivity contribution in [3.8, 4) is 0 Å². The van der Waals surface area contributed by atoms with Crippen molar-refractivity contribution in [1.82, 2.24) is 4.90 Å². The van der Waals surface area contributed by atoms with Gasteiger partial charge in [-0.25, -0.2) is 0 Å². The van der Waals surface area contributed by atoms with E-state index in [9.17, 15) is 14.7 Å². The summed E-state index contributed by atoms with van der Waals surface area (Å²) >= 11 is 7.64. The molecule has 134 valence electrons. The van der Waals surface area contributed by atoms with E-state index >= 15 is 0 Å². The minimum atomic E-state index is -0.860. The van der Waals surface area contributed by atoms with Gasteiger partial charge in [-0.15, -0.1) is 11.8 Å². The third-order valence-corrected chi connectivity index (χ3v) is 6.68. The third-order valence-electron chi connectivity index (χ3n) is 5.24. The van der Waals surface area contributed by atoms with Crippen LogP contribution in [0.5, 0.6) is 0 Å². The number of hydrogen-bond acceptors (Lipinski definition) is 3. The Labute approximate surface area is 161 Å². The summed E-state index contributed by atoms with van der Waals surface area (Å²) in [6.45, 7) is 0.686. The van der Waals surface area contributed by atoms with Crippen LogP contribution in [-0.2, 0) is 9.59 Å². The quantitative estimate of drug-likeness (QED) is 0.868. The standard InChI is InChI=1S/C20H18ClNO3S/c21-13-7-5-12(6-8-13)15-9-22(10-16(15)20(24)25)19(23)17-11-26-18-4-2-1-3-14(17)18/h1-8,15-17H,9-11H2,(H,24,25)/t15-,16+,17?/m0/s1. The first-order valence-electron chi connectivity index (χ1n) is 8.53. The summed E-state index contributed by atoms with van der Waals surface area (Å²) in [6, 6.07) is 15.2. The van der Waals surface area contributed by atoms with Crippen LogP contribution < -0.4 is 0 Å². The van der Waals surface area contributed by atoms with Gasteiger partial charge in [-0.2, -0.15) is 0 Å². The van der Waals surface area contributed by atoms with Crippen LogP contribution in [0.15, 0.2) is 53.4 Å². The molecule has 4 rings (SSSR count). The van der Waals surface area contributed by atoms with Crippen LogP contribution in [0, 0.1) is 5.92 Å². The van der Waals surface area contributed by atoms with Gasteiger partial charge in [-0.05, 0) is 29.3 Å². The number of carboxylic acid groups (broad SMARTS) is 1. The largest absolute Gasteiger partial charge is 0.481 e. The summed E-state index contributed by atoms with van der Waals surface area (Å²) in [7, 11) is 0. The molecule has 0 bridgehead atoms. The van der Waals surface area contributed by atoms with Gasteiger partial charge in [0.2, 0.25) is 5.91 Å². The topological polar surface area (TPSA) is 57.6 Å². The highest BCUT2D eigenvalue weighted by molar-refractivity contribution is 7.99. The monoisotopic (exact) mass is 387 g/mol. The van der Waals surface area contributed by atoms with Gasteiger partial charge in [0, 0.05) is 34.7 Å². The maximum absolute atomic E-state index is 13.1. The van der Waals surface area contributed by atoms with E-state index in [1.54, 1.807) is 28.8 Å². The number of amides is 1. The van der Waals surface area contributed by atoms with Gasteiger partial charge in [-0.3, -0.25) is 9.59 Å². The van der Waals surface area contributed by atoms with E-state index in [2.05, 4.69) is 0 Å². The van der Waals surface area contributed by atoms with Gasteiger partial charge in [0.25, 0.3) is 0 Å². The van der Waals surface area contributed by atoms with Gasteiger partial charge >= 0.3 is 5.97 Å². The number of likely N-dealkylation sites (tertiary alicyclic amines) is 1. The summed E-state index contributed by atoms with van der Waals surface area (Å²) in [5, 5.41) is 10.3. The van der Waals surface area contributed by atoms with Crippen molar-refractivity contribution in [2.24, 2.45) is 5.92 Å². The number of halogens is 1. The molecule has 0 spiro atoms. The Balaban J connectivity index is 1.57. The van der Waals surface area contributed by atoms with Crippen molar-refractivity contribution in [3.63, 3.8) is 0 Å². The smallest absolute Gasteiger partial charge is 0.308 e. The molecule has 3 atom stereocenters. The molecule has 0 radical (unpaired) electrons. The lowest BCUT2D eigenvalue weighted by molar-refractivity contribution is -0.141. The Morgan fingerprint density at radius 2 is 1.81 bits per heavy atom. The number of hydrogen-bond donors (Lipinski definition) is 1. The van der Waals surface area contributed by atoms with Crippen LogP contribution in [0.25, 0.3) is 0 Å². The number of thioether (sulfide) groups is 1. The van der Waals surface area contributed by atoms with E-state index in [4.69, 9.17) is 11.6 Å². The fraction of sp³-hybridized carbons (Fsp3) is 0.300. The van der Waals surface area contributed by atoms with Crippen LogP contribution in [0.3, 0.4) is 0 Å². The average Bonchev–Trinajstić information content (AvgIpc) is 3.26. The summed E-state index contributed by atoms with van der Waals surface area (Å²) in [6.07, 6.45) is 0. The molecule has 2 aliphatic rings. The predicted molar refractivity (Wildman–Crippen MR) is 102 cm³/mol. The summed E-state index contributed by atoms with van der Waals surface area (Å²) < 4.78 is 0. The molecular formula is C20H18ClNO3S. The molecule has 1 amide bonds. The second-order valence-corrected chi connectivity index (χ2v) is 8.25. The van der Waals surface area contributed by atoms with Gasteiger partial charge in [0.15, 0.2) is 0 Å². The number of fused-ring (bicyclic) bond motifs is 1. The van der Waals surface area contributed by atoms with Crippen molar-refractivity contribution >= 4 is 35.2 Å². The maximum Gasteiger partial charge on any atom is 0.308 e. The number of rotatable bonds is 3. The summed E-state index contributed by atoms with van der Waals surface area (Å²) in [5.74, 6) is -1.10. The van der Waals surface area contributed by atoms with Crippen LogP contribution >= 0.6 is 23.4 Å². The van der Waals surface area contributed by atoms with Crippen molar-refractivity contribution in [2.75, 3.05) is 18.8 Å². The second-order valence-electron chi connectivity index (χ2n) is 6.75. The number of nitrogens with zero attached hydrogens (tertiary/aromatic N) is 1. The molecule has 1 saturated heterocycles. The lowest BCUT2D eigenvalue weighted by atomic mass is 9.89. The SMILES string of the molecule is O=C(O)[C@@H]1CN(C(=O)C2CSc3ccccc32)C[C@H]1c1ccc(Cl)cc1. The minimum Gasteiger partial charge on any atom is -0.481 e. The highest BCUT2D eigenvalue weighted by Crippen LogP contribution is 2.42. The number of benzene rings is 2. The normalized spacial score (nSPS) is 24.5. The molecule has 6 heteroatoms. The van der Waals surface area contributed by atoms with Crippen molar-refractivity contribution in [2.45, 2.75) is 16.7 Å². The predicted octanol–water partition coefficient (Wildman–Crippen LogP) is 3.86. The molecular weight excluding hydrogens is 370 g/mol. The molecule has 0 aliphatic carbocycles.